The fourth-order valence-corrected chi connectivity index (χ4v) is 3.34. The van der Waals surface area contributed by atoms with Crippen molar-refractivity contribution in [1.29, 1.82) is 0 Å². The molecule has 106 valence electrons. The van der Waals surface area contributed by atoms with E-state index in [4.69, 9.17) is 4.98 Å². The number of fused-ring (bicyclic) bond motifs is 1. The fourth-order valence-electron chi connectivity index (χ4n) is 2.94. The molecule has 0 aliphatic heterocycles. The molecule has 3 rings (SSSR count). The summed E-state index contributed by atoms with van der Waals surface area (Å²) in [5.41, 5.74) is 3.95. The van der Waals surface area contributed by atoms with Gasteiger partial charge in [0.25, 0.3) is 0 Å². The number of nitrogens with zero attached hydrogens (tertiary/aromatic N) is 2. The number of aromatic nitrogens is 2. The van der Waals surface area contributed by atoms with Crippen molar-refractivity contribution in [2.45, 2.75) is 39.2 Å². The van der Waals surface area contributed by atoms with E-state index in [0.717, 1.165) is 35.5 Å². The highest BCUT2D eigenvalue weighted by atomic mass is 79.9. The maximum Gasteiger partial charge on any atom is 0.106 e. The molecule has 1 aliphatic rings. The number of nitrogens with one attached hydrogen (secondary N) is 1. The Balaban J connectivity index is 1.65. The molecule has 0 saturated carbocycles. The Bertz CT molecular complexity index is 604. The fraction of sp³-hybridized carbons (Fsp3) is 0.438. The topological polar surface area (TPSA) is 29.9 Å². The van der Waals surface area contributed by atoms with Crippen molar-refractivity contribution in [3.63, 3.8) is 0 Å². The van der Waals surface area contributed by atoms with Gasteiger partial charge in [0.05, 0.1) is 5.69 Å². The van der Waals surface area contributed by atoms with Crippen LogP contribution < -0.4 is 5.32 Å². The molecule has 0 bridgehead atoms. The zero-order chi connectivity index (χ0) is 13.9. The van der Waals surface area contributed by atoms with Crippen LogP contribution in [-0.2, 0) is 19.4 Å². The molecular formula is C16H20BrN3. The van der Waals surface area contributed by atoms with Crippen LogP contribution in [0.1, 0.15) is 30.1 Å². The second kappa shape index (κ2) is 6.00. The van der Waals surface area contributed by atoms with E-state index in [1.807, 2.05) is 6.07 Å². The van der Waals surface area contributed by atoms with Crippen LogP contribution in [0, 0.1) is 6.92 Å². The standard InChI is InChI=1S/C16H20BrN3/c1-12-19-15-7-2-3-8-16(15)20(12)10-9-18-14-6-4-5-13(17)11-14/h4-6,11,18H,2-3,7-10H2,1H3. The summed E-state index contributed by atoms with van der Waals surface area (Å²) in [4.78, 5) is 4.72. The van der Waals surface area contributed by atoms with Crippen molar-refractivity contribution < 1.29 is 0 Å². The molecule has 4 heteroatoms. The van der Waals surface area contributed by atoms with Gasteiger partial charge in [-0.3, -0.25) is 0 Å². The summed E-state index contributed by atoms with van der Waals surface area (Å²) in [6.07, 6.45) is 4.94. The molecule has 1 aromatic heterocycles. The van der Waals surface area contributed by atoms with Crippen LogP contribution in [0.25, 0.3) is 0 Å². The van der Waals surface area contributed by atoms with E-state index < -0.39 is 0 Å². The minimum atomic E-state index is 0.931. The van der Waals surface area contributed by atoms with Crippen LogP contribution in [0.5, 0.6) is 0 Å². The number of hydrogen-bond acceptors (Lipinski definition) is 2. The monoisotopic (exact) mass is 333 g/mol. The van der Waals surface area contributed by atoms with E-state index in [9.17, 15) is 0 Å². The molecule has 1 heterocycles. The lowest BCUT2D eigenvalue weighted by atomic mass is 10.0. The predicted molar refractivity (Wildman–Crippen MR) is 86.2 cm³/mol. The number of imidazole rings is 1. The third-order valence-electron chi connectivity index (χ3n) is 3.91. The van der Waals surface area contributed by atoms with Crippen LogP contribution in [0.4, 0.5) is 5.69 Å². The predicted octanol–water partition coefficient (Wildman–Crippen LogP) is 3.94. The Labute approximate surface area is 128 Å². The Morgan fingerprint density at radius 2 is 2.15 bits per heavy atom. The van der Waals surface area contributed by atoms with Crippen LogP contribution in [-0.4, -0.2) is 16.1 Å². The molecule has 0 saturated heterocycles. The maximum atomic E-state index is 4.72. The molecule has 3 nitrogen and oxygen atoms in total. The minimum Gasteiger partial charge on any atom is -0.383 e. The van der Waals surface area contributed by atoms with Gasteiger partial charge >= 0.3 is 0 Å². The maximum absolute atomic E-state index is 4.72. The normalized spacial score (nSPS) is 14.1. The molecule has 0 atom stereocenters. The number of anilines is 1. The average Bonchev–Trinajstić information content (AvgIpc) is 2.75. The van der Waals surface area contributed by atoms with E-state index in [-0.39, 0.29) is 0 Å². The van der Waals surface area contributed by atoms with Crippen molar-refractivity contribution in [3.05, 3.63) is 46.0 Å². The third-order valence-corrected chi connectivity index (χ3v) is 4.41. The summed E-state index contributed by atoms with van der Waals surface area (Å²) in [7, 11) is 0. The molecular weight excluding hydrogens is 314 g/mol. The summed E-state index contributed by atoms with van der Waals surface area (Å²) < 4.78 is 3.50. The molecule has 0 radical (unpaired) electrons. The lowest BCUT2D eigenvalue weighted by molar-refractivity contribution is 0.606. The molecule has 1 aliphatic carbocycles. The first-order valence-electron chi connectivity index (χ1n) is 7.28. The second-order valence-electron chi connectivity index (χ2n) is 5.35. The van der Waals surface area contributed by atoms with E-state index in [2.05, 4.69) is 50.9 Å². The smallest absolute Gasteiger partial charge is 0.106 e. The molecule has 1 aromatic carbocycles. The Morgan fingerprint density at radius 3 is 3.00 bits per heavy atom. The molecule has 0 amide bonds. The highest BCUT2D eigenvalue weighted by molar-refractivity contribution is 9.10. The van der Waals surface area contributed by atoms with Gasteiger partial charge in [-0.15, -0.1) is 0 Å². The van der Waals surface area contributed by atoms with Gasteiger partial charge in [0.2, 0.25) is 0 Å². The SMILES string of the molecule is Cc1nc2c(n1CCNc1cccc(Br)c1)CCCC2. The summed E-state index contributed by atoms with van der Waals surface area (Å²) in [6.45, 7) is 4.04. The van der Waals surface area contributed by atoms with Gasteiger partial charge in [0.1, 0.15) is 5.82 Å². The number of aryl methyl sites for hydroxylation is 2. The first kappa shape index (κ1) is 13.7. The first-order chi connectivity index (χ1) is 9.74. The first-order valence-corrected chi connectivity index (χ1v) is 8.07. The lowest BCUT2D eigenvalue weighted by Gasteiger charge is -2.15. The van der Waals surface area contributed by atoms with E-state index in [1.165, 1.54) is 30.7 Å². The second-order valence-corrected chi connectivity index (χ2v) is 6.26. The quantitative estimate of drug-likeness (QED) is 0.918. The van der Waals surface area contributed by atoms with Gasteiger partial charge in [0.15, 0.2) is 0 Å². The van der Waals surface area contributed by atoms with Crippen molar-refractivity contribution in [1.82, 2.24) is 9.55 Å². The van der Waals surface area contributed by atoms with Gasteiger partial charge < -0.3 is 9.88 Å². The lowest BCUT2D eigenvalue weighted by Crippen LogP contribution is -2.15. The summed E-state index contributed by atoms with van der Waals surface area (Å²) >= 11 is 3.50. The van der Waals surface area contributed by atoms with Crippen LogP contribution in [0.3, 0.4) is 0 Å². The van der Waals surface area contributed by atoms with Gasteiger partial charge in [-0.2, -0.15) is 0 Å². The molecule has 2 aromatic rings. The van der Waals surface area contributed by atoms with E-state index >= 15 is 0 Å². The minimum absolute atomic E-state index is 0.931. The Hall–Kier alpha value is -1.29. The zero-order valence-electron chi connectivity index (χ0n) is 11.8. The van der Waals surface area contributed by atoms with Gasteiger partial charge in [0, 0.05) is 28.9 Å². The van der Waals surface area contributed by atoms with E-state index in [0.29, 0.717) is 0 Å². The van der Waals surface area contributed by atoms with Crippen LogP contribution in [0.15, 0.2) is 28.7 Å². The highest BCUT2D eigenvalue weighted by Crippen LogP contribution is 2.22. The van der Waals surface area contributed by atoms with E-state index in [1.54, 1.807) is 0 Å². The summed E-state index contributed by atoms with van der Waals surface area (Å²) in [5, 5.41) is 3.48. The molecule has 0 fully saturated rings. The average molecular weight is 334 g/mol. The molecule has 0 spiro atoms. The zero-order valence-corrected chi connectivity index (χ0v) is 13.4. The van der Waals surface area contributed by atoms with Crippen molar-refractivity contribution in [2.24, 2.45) is 0 Å². The molecule has 1 N–H and O–H groups in total. The van der Waals surface area contributed by atoms with Gasteiger partial charge in [-0.25, -0.2) is 4.98 Å². The highest BCUT2D eigenvalue weighted by Gasteiger charge is 2.17. The Morgan fingerprint density at radius 1 is 1.30 bits per heavy atom. The Kier molecular flexibility index (Phi) is 4.10. The third kappa shape index (κ3) is 2.90. The largest absolute Gasteiger partial charge is 0.383 e. The van der Waals surface area contributed by atoms with Gasteiger partial charge in [-0.1, -0.05) is 22.0 Å². The summed E-state index contributed by atoms with van der Waals surface area (Å²) in [6, 6.07) is 8.30. The van der Waals surface area contributed by atoms with Crippen molar-refractivity contribution >= 4 is 21.6 Å². The molecule has 20 heavy (non-hydrogen) atoms. The van der Waals surface area contributed by atoms with Gasteiger partial charge in [-0.05, 0) is 50.8 Å². The number of rotatable bonds is 4. The summed E-state index contributed by atoms with van der Waals surface area (Å²) in [5.74, 6) is 1.16. The number of hydrogen-bond donors (Lipinski definition) is 1. The van der Waals surface area contributed by atoms with Crippen molar-refractivity contribution in [3.8, 4) is 0 Å². The molecule has 0 unspecified atom stereocenters. The van der Waals surface area contributed by atoms with Crippen LogP contribution in [0.2, 0.25) is 0 Å². The van der Waals surface area contributed by atoms with Crippen LogP contribution >= 0.6 is 15.9 Å². The number of halogens is 1. The number of benzene rings is 1. The van der Waals surface area contributed by atoms with Crippen molar-refractivity contribution in [2.75, 3.05) is 11.9 Å².